The molecule has 0 radical (unpaired) electrons. The molecular formula is C7H10NS+. The molecule has 0 amide bonds. The van der Waals surface area contributed by atoms with Gasteiger partial charge >= 0.3 is 0 Å². The third-order valence-electron chi connectivity index (χ3n) is 1.23. The van der Waals surface area contributed by atoms with Gasteiger partial charge in [0.1, 0.15) is 7.05 Å². The number of pyridine rings is 1. The van der Waals surface area contributed by atoms with Crippen molar-refractivity contribution in [3.05, 3.63) is 30.1 Å². The van der Waals surface area contributed by atoms with Crippen molar-refractivity contribution < 1.29 is 4.57 Å². The van der Waals surface area contributed by atoms with Crippen LogP contribution in [0.25, 0.3) is 0 Å². The van der Waals surface area contributed by atoms with Gasteiger partial charge in [-0.2, -0.15) is 12.6 Å². The summed E-state index contributed by atoms with van der Waals surface area (Å²) in [5, 5.41) is 0. The first-order valence-corrected chi connectivity index (χ1v) is 3.51. The Balaban J connectivity index is 2.88. The molecule has 0 bridgehead atoms. The summed E-state index contributed by atoms with van der Waals surface area (Å²) < 4.78 is 2.01. The van der Waals surface area contributed by atoms with Crippen LogP contribution in [0, 0.1) is 0 Å². The number of rotatable bonds is 1. The van der Waals surface area contributed by atoms with Crippen LogP contribution in [0.5, 0.6) is 0 Å². The van der Waals surface area contributed by atoms with Gasteiger partial charge in [0.15, 0.2) is 12.4 Å². The molecule has 0 aromatic carbocycles. The lowest BCUT2D eigenvalue weighted by atomic mass is 10.3. The zero-order valence-electron chi connectivity index (χ0n) is 5.41. The summed E-state index contributed by atoms with van der Waals surface area (Å²) in [5.74, 6) is 0.820. The Hall–Kier alpha value is -0.500. The van der Waals surface area contributed by atoms with Crippen LogP contribution in [0.2, 0.25) is 0 Å². The Kier molecular flexibility index (Phi) is 2.11. The van der Waals surface area contributed by atoms with Crippen molar-refractivity contribution in [2.24, 2.45) is 7.05 Å². The van der Waals surface area contributed by atoms with Gasteiger partial charge in [0.05, 0.1) is 0 Å². The average molecular weight is 140 g/mol. The summed E-state index contributed by atoms with van der Waals surface area (Å²) >= 11 is 4.14. The Morgan fingerprint density at radius 1 is 1.44 bits per heavy atom. The van der Waals surface area contributed by atoms with Crippen LogP contribution in [0.3, 0.4) is 0 Å². The predicted octanol–water partition coefficient (Wildman–Crippen LogP) is 0.941. The normalized spacial score (nSPS) is 9.56. The molecule has 0 spiro atoms. The molecule has 2 heteroatoms. The van der Waals surface area contributed by atoms with Gasteiger partial charge in [-0.3, -0.25) is 0 Å². The third-order valence-corrected chi connectivity index (χ3v) is 1.60. The van der Waals surface area contributed by atoms with Crippen molar-refractivity contribution in [2.75, 3.05) is 0 Å². The van der Waals surface area contributed by atoms with E-state index in [1.54, 1.807) is 0 Å². The zero-order chi connectivity index (χ0) is 6.69. The first kappa shape index (κ1) is 6.62. The number of thiol groups is 1. The molecule has 0 aliphatic rings. The summed E-state index contributed by atoms with van der Waals surface area (Å²) in [4.78, 5) is 0. The van der Waals surface area contributed by atoms with Gasteiger partial charge in [-0.1, -0.05) is 0 Å². The number of nitrogens with zero attached hydrogens (tertiary/aromatic N) is 1. The third kappa shape index (κ3) is 1.72. The molecule has 1 nitrogen and oxygen atoms in total. The monoisotopic (exact) mass is 140 g/mol. The molecular weight excluding hydrogens is 130 g/mol. The Labute approximate surface area is 60.7 Å². The van der Waals surface area contributed by atoms with E-state index in [0.717, 1.165) is 5.75 Å². The second-order valence-electron chi connectivity index (χ2n) is 2.03. The molecule has 0 saturated carbocycles. The summed E-state index contributed by atoms with van der Waals surface area (Å²) in [5.41, 5.74) is 1.26. The molecule has 0 aliphatic carbocycles. The van der Waals surface area contributed by atoms with E-state index < -0.39 is 0 Å². The SMILES string of the molecule is C[n+]1ccc(CS)cc1. The van der Waals surface area contributed by atoms with E-state index >= 15 is 0 Å². The van der Waals surface area contributed by atoms with Crippen molar-refractivity contribution in [3.8, 4) is 0 Å². The van der Waals surface area contributed by atoms with Crippen molar-refractivity contribution in [1.82, 2.24) is 0 Å². The van der Waals surface area contributed by atoms with E-state index in [9.17, 15) is 0 Å². The molecule has 0 unspecified atom stereocenters. The summed E-state index contributed by atoms with van der Waals surface area (Å²) in [7, 11) is 2.00. The van der Waals surface area contributed by atoms with Crippen LogP contribution in [-0.2, 0) is 12.8 Å². The van der Waals surface area contributed by atoms with E-state index in [0.29, 0.717) is 0 Å². The first-order chi connectivity index (χ1) is 4.33. The van der Waals surface area contributed by atoms with E-state index in [-0.39, 0.29) is 0 Å². The van der Waals surface area contributed by atoms with E-state index in [4.69, 9.17) is 0 Å². The largest absolute Gasteiger partial charge is 0.208 e. The van der Waals surface area contributed by atoms with Crippen LogP contribution < -0.4 is 4.57 Å². The van der Waals surface area contributed by atoms with Gasteiger partial charge < -0.3 is 0 Å². The second kappa shape index (κ2) is 2.87. The first-order valence-electron chi connectivity index (χ1n) is 2.88. The lowest BCUT2D eigenvalue weighted by molar-refractivity contribution is -0.671. The maximum atomic E-state index is 4.14. The Morgan fingerprint density at radius 2 is 2.00 bits per heavy atom. The molecule has 48 valence electrons. The van der Waals surface area contributed by atoms with Crippen molar-refractivity contribution >= 4 is 12.6 Å². The van der Waals surface area contributed by atoms with Crippen LogP contribution in [0.15, 0.2) is 24.5 Å². The molecule has 0 aliphatic heterocycles. The smallest absolute Gasteiger partial charge is 0.168 e. The summed E-state index contributed by atoms with van der Waals surface area (Å²) in [6.07, 6.45) is 4.04. The number of hydrogen-bond donors (Lipinski definition) is 1. The minimum absolute atomic E-state index is 0.820. The zero-order valence-corrected chi connectivity index (χ0v) is 6.31. The Morgan fingerprint density at radius 3 is 2.44 bits per heavy atom. The highest BCUT2D eigenvalue weighted by atomic mass is 32.1. The molecule has 0 saturated heterocycles. The summed E-state index contributed by atoms with van der Waals surface area (Å²) in [6.45, 7) is 0. The van der Waals surface area contributed by atoms with Gasteiger partial charge in [-0.05, 0) is 5.56 Å². The van der Waals surface area contributed by atoms with Gasteiger partial charge in [0, 0.05) is 17.9 Å². The van der Waals surface area contributed by atoms with Gasteiger partial charge in [0.25, 0.3) is 0 Å². The number of aromatic nitrogens is 1. The standard InChI is InChI=1S/C7H9NS/c1-8-4-2-7(6-9)3-5-8/h2-5H,6H2,1H3/p+1. The van der Waals surface area contributed by atoms with E-state index in [1.165, 1.54) is 5.56 Å². The van der Waals surface area contributed by atoms with Crippen molar-refractivity contribution in [3.63, 3.8) is 0 Å². The van der Waals surface area contributed by atoms with Crippen molar-refractivity contribution in [1.29, 1.82) is 0 Å². The van der Waals surface area contributed by atoms with E-state index in [1.807, 2.05) is 24.0 Å². The predicted molar refractivity (Wildman–Crippen MR) is 40.3 cm³/mol. The average Bonchev–Trinajstić information content (AvgIpc) is 1.90. The van der Waals surface area contributed by atoms with Crippen LogP contribution >= 0.6 is 12.6 Å². The van der Waals surface area contributed by atoms with Gasteiger partial charge in [-0.15, -0.1) is 0 Å². The van der Waals surface area contributed by atoms with Crippen LogP contribution in [-0.4, -0.2) is 0 Å². The van der Waals surface area contributed by atoms with Crippen LogP contribution in [0.4, 0.5) is 0 Å². The van der Waals surface area contributed by atoms with E-state index in [2.05, 4.69) is 24.8 Å². The highest BCUT2D eigenvalue weighted by Gasteiger charge is 1.90. The molecule has 1 rings (SSSR count). The fraction of sp³-hybridized carbons (Fsp3) is 0.286. The minimum atomic E-state index is 0.820. The topological polar surface area (TPSA) is 3.88 Å². The minimum Gasteiger partial charge on any atom is -0.208 e. The lowest BCUT2D eigenvalue weighted by Crippen LogP contribution is -2.25. The van der Waals surface area contributed by atoms with Crippen molar-refractivity contribution in [2.45, 2.75) is 5.75 Å². The highest BCUT2D eigenvalue weighted by molar-refractivity contribution is 7.79. The molecule has 0 fully saturated rings. The fourth-order valence-corrected chi connectivity index (χ4v) is 0.848. The fourth-order valence-electron chi connectivity index (χ4n) is 0.637. The number of aryl methyl sites for hydroxylation is 1. The molecule has 9 heavy (non-hydrogen) atoms. The maximum Gasteiger partial charge on any atom is 0.168 e. The van der Waals surface area contributed by atoms with Crippen LogP contribution in [0.1, 0.15) is 5.56 Å². The molecule has 1 aromatic heterocycles. The maximum absolute atomic E-state index is 4.14. The lowest BCUT2D eigenvalue weighted by Gasteiger charge is -1.89. The summed E-state index contributed by atoms with van der Waals surface area (Å²) in [6, 6.07) is 4.12. The highest BCUT2D eigenvalue weighted by Crippen LogP contribution is 1.97. The van der Waals surface area contributed by atoms with Gasteiger partial charge in [0.2, 0.25) is 0 Å². The number of hydrogen-bond acceptors (Lipinski definition) is 1. The Bertz CT molecular complexity index is 181. The quantitative estimate of drug-likeness (QED) is 0.437. The molecule has 0 N–H and O–H groups in total. The van der Waals surface area contributed by atoms with Gasteiger partial charge in [-0.25, -0.2) is 4.57 Å². The molecule has 1 aromatic rings. The molecule has 1 heterocycles. The molecule has 0 atom stereocenters. The second-order valence-corrected chi connectivity index (χ2v) is 2.35.